The predicted molar refractivity (Wildman–Crippen MR) is 390 cm³/mol. The third kappa shape index (κ3) is 10.9. The van der Waals surface area contributed by atoms with Crippen LogP contribution in [0.2, 0.25) is 0 Å². The van der Waals surface area contributed by atoms with Gasteiger partial charge in [0, 0.05) is 93.4 Å². The fourth-order valence-electron chi connectivity index (χ4n) is 16.2. The standard InChI is InChI=1S/C81H68B2F4N10O4S/c1-47-40-59-31-30-58-22-10-11-23-62(58)72(59)71(47)73-67-41-56(20-16-18-34-92-43-60(88-90-92)45-100-80(98)65-26-14-12-24-63(65)74-76-48(2)36-52(6)94(76)82(84,85)95-53(7)37-49(3)77(74)95)28-32-69(67)102-70-33-29-57(42-68(70)73)21-17-19-35-93-44-61(89-91-93)46-101-81(99)66-27-15-13-25-64(66)75-78-50(4)38-54(8)96(78)83(86,87)97-55(9)39-51(5)79(75)97/h10-15,22-33,36-39,41-44,47H,18-19,34-35,40,45-46H2,1-9H3. The lowest BCUT2D eigenvalue weighted by Crippen LogP contribution is -2.51. The SMILES string of the molecule is CC1=CC(C)=[N+]2C1=C(c1ccccc1C(=O)OCc1cn(CCC#Cc3ccc4c(c3)C(=C3c5c(ccc6ccccc56)CC3C)c3cc(C#CCCn5cc(COC(=O)c6ccccc6C6=C7C(C)=CC(C)=[N+]7[B-](F)(F)n7c(C)cc(C)c76)nn5)ccc3S4)nn1)c1c(C)cc(C)n1[B-]2(F)F. The molecule has 0 saturated heterocycles. The number of nitrogens with zero attached hydrogens (tertiary/aromatic N) is 10. The third-order valence-electron chi connectivity index (χ3n) is 20.3. The minimum Gasteiger partial charge on any atom is -0.455 e. The van der Waals surface area contributed by atoms with Gasteiger partial charge in [0.05, 0.1) is 47.8 Å². The molecule has 21 heteroatoms. The molecule has 5 aliphatic heterocycles. The van der Waals surface area contributed by atoms with E-state index in [9.17, 15) is 9.59 Å². The van der Waals surface area contributed by atoms with E-state index in [2.05, 4.69) is 124 Å². The summed E-state index contributed by atoms with van der Waals surface area (Å²) in [5, 5.41) is 19.7. The van der Waals surface area contributed by atoms with Gasteiger partial charge >= 0.3 is 25.9 Å². The van der Waals surface area contributed by atoms with E-state index in [0.717, 1.165) is 56.4 Å². The minimum atomic E-state index is -4.20. The molecule has 0 saturated carbocycles. The van der Waals surface area contributed by atoms with Crippen molar-refractivity contribution in [3.63, 3.8) is 0 Å². The molecule has 1 atom stereocenters. The number of carbonyl (C=O) groups is 2. The summed E-state index contributed by atoms with van der Waals surface area (Å²) < 4.78 is 85.4. The summed E-state index contributed by atoms with van der Waals surface area (Å²) in [6, 6.07) is 43.5. The summed E-state index contributed by atoms with van der Waals surface area (Å²) in [7, 11) is 0. The van der Waals surface area contributed by atoms with Crippen molar-refractivity contribution in [2.24, 2.45) is 5.92 Å². The van der Waals surface area contributed by atoms with Gasteiger partial charge in [-0.15, -0.1) is 10.2 Å². The van der Waals surface area contributed by atoms with Gasteiger partial charge in [-0.1, -0.05) is 126 Å². The molecule has 6 aliphatic rings. The molecule has 10 aromatic rings. The monoisotopic (exact) mass is 1370 g/mol. The second-order valence-corrected chi connectivity index (χ2v) is 28.3. The summed E-state index contributed by atoms with van der Waals surface area (Å²) >= 11 is 1.74. The fourth-order valence-corrected chi connectivity index (χ4v) is 17.2. The molecular weight excluding hydrogens is 1310 g/mol. The lowest BCUT2D eigenvalue weighted by atomic mass is 9.82. The van der Waals surface area contributed by atoms with Crippen molar-refractivity contribution in [2.45, 2.75) is 118 Å². The molecule has 6 aromatic carbocycles. The molecule has 0 spiro atoms. The number of ether oxygens (including phenoxy) is 2. The first-order valence-electron chi connectivity index (χ1n) is 34.2. The Hall–Kier alpha value is -11.3. The molecule has 1 unspecified atom stereocenters. The van der Waals surface area contributed by atoms with Crippen molar-refractivity contribution in [3.8, 4) is 23.7 Å². The molecule has 0 radical (unpaired) electrons. The van der Waals surface area contributed by atoms with Crippen molar-refractivity contribution >= 4 is 82.1 Å². The summed E-state index contributed by atoms with van der Waals surface area (Å²) in [5.41, 5.74) is 18.5. The second kappa shape index (κ2) is 25.1. The van der Waals surface area contributed by atoms with Crippen LogP contribution in [-0.2, 0) is 42.2 Å². The average molecular weight is 1380 g/mol. The smallest absolute Gasteiger partial charge is 0.455 e. The van der Waals surface area contributed by atoms with Crippen LogP contribution in [0.1, 0.15) is 158 Å². The maximum atomic E-state index is 16.4. The van der Waals surface area contributed by atoms with Crippen molar-refractivity contribution in [3.05, 3.63) is 281 Å². The van der Waals surface area contributed by atoms with Crippen LogP contribution in [0.5, 0.6) is 0 Å². The maximum Gasteiger partial charge on any atom is 0.737 e. The van der Waals surface area contributed by atoms with E-state index < -0.39 is 25.9 Å². The Morgan fingerprint density at radius 2 is 1.04 bits per heavy atom. The molecule has 14 nitrogen and oxygen atoms in total. The van der Waals surface area contributed by atoms with Crippen molar-refractivity contribution in [1.29, 1.82) is 0 Å². The Balaban J connectivity index is 0.608. The highest BCUT2D eigenvalue weighted by Crippen LogP contribution is 2.54. The molecule has 506 valence electrons. The second-order valence-electron chi connectivity index (χ2n) is 27.2. The van der Waals surface area contributed by atoms with E-state index in [-0.39, 0.29) is 30.3 Å². The van der Waals surface area contributed by atoms with Gasteiger partial charge in [0.1, 0.15) is 36.0 Å². The highest BCUT2D eigenvalue weighted by molar-refractivity contribution is 7.99. The van der Waals surface area contributed by atoms with Gasteiger partial charge in [-0.2, -0.15) is 0 Å². The van der Waals surface area contributed by atoms with E-state index in [4.69, 9.17) is 9.47 Å². The van der Waals surface area contributed by atoms with Gasteiger partial charge < -0.3 is 44.7 Å². The van der Waals surface area contributed by atoms with Gasteiger partial charge in [0.2, 0.25) is 0 Å². The molecule has 0 fully saturated rings. The highest BCUT2D eigenvalue weighted by Gasteiger charge is 2.57. The molecule has 0 amide bonds. The van der Waals surface area contributed by atoms with E-state index in [1.54, 1.807) is 134 Å². The van der Waals surface area contributed by atoms with Gasteiger partial charge in [-0.25, -0.2) is 9.59 Å². The third-order valence-corrected chi connectivity index (χ3v) is 21.4. The lowest BCUT2D eigenvalue weighted by molar-refractivity contribution is -0.364. The van der Waals surface area contributed by atoms with Gasteiger partial charge in [-0.3, -0.25) is 9.36 Å². The number of esters is 2. The van der Waals surface area contributed by atoms with E-state index >= 15 is 17.3 Å². The van der Waals surface area contributed by atoms with E-state index in [1.807, 2.05) is 27.7 Å². The van der Waals surface area contributed by atoms with Crippen LogP contribution >= 0.6 is 11.8 Å². The first-order chi connectivity index (χ1) is 49.1. The van der Waals surface area contributed by atoms with Crippen LogP contribution < -0.4 is 0 Å². The van der Waals surface area contributed by atoms with Crippen molar-refractivity contribution in [2.75, 3.05) is 0 Å². The summed E-state index contributed by atoms with van der Waals surface area (Å²) in [5.74, 6) is 12.7. The quantitative estimate of drug-likeness (QED) is 0.0508. The molecule has 4 aromatic heterocycles. The number of halogens is 4. The summed E-state index contributed by atoms with van der Waals surface area (Å²) in [6.45, 7) is 8.51. The number of rotatable bonds is 12. The number of aromatic nitrogens is 8. The number of hydrogen-bond acceptors (Lipinski definition) is 9. The maximum absolute atomic E-state index is 16.4. The molecular formula is C81H68B2F4N10O4S. The zero-order valence-electron chi connectivity index (χ0n) is 57.7. The highest BCUT2D eigenvalue weighted by atomic mass is 32.2. The number of hydrogen-bond donors (Lipinski definition) is 0. The first kappa shape index (κ1) is 65.3. The normalized spacial score (nSPS) is 16.5. The zero-order chi connectivity index (χ0) is 70.8. The number of carbonyl (C=O) groups excluding carboxylic acids is 2. The molecule has 16 rings (SSSR count). The van der Waals surface area contributed by atoms with Crippen LogP contribution in [0.3, 0.4) is 0 Å². The van der Waals surface area contributed by atoms with Crippen LogP contribution in [0, 0.1) is 57.3 Å². The van der Waals surface area contributed by atoms with Gasteiger partial charge in [0.25, 0.3) is 0 Å². The topological polar surface area (TPSA) is 130 Å². The first-order valence-corrected chi connectivity index (χ1v) is 35.0. The summed E-state index contributed by atoms with van der Waals surface area (Å²) in [4.78, 5) is 30.4. The van der Waals surface area contributed by atoms with Crippen LogP contribution in [-0.4, -0.2) is 85.2 Å². The Morgan fingerprint density at radius 3 is 1.54 bits per heavy atom. The fraction of sp³-hybridized carbons (Fsp3) is 0.210. The average Bonchev–Trinajstić information content (AvgIpc) is 1.52. The van der Waals surface area contributed by atoms with E-state index in [1.165, 1.54) is 33.0 Å². The molecule has 0 N–H and O–H groups in total. The Labute approximate surface area is 591 Å². The van der Waals surface area contributed by atoms with Gasteiger partial charge in [-0.05, 0) is 181 Å². The zero-order valence-corrected chi connectivity index (χ0v) is 58.5. The van der Waals surface area contributed by atoms with Crippen molar-refractivity contribution < 1.29 is 45.3 Å². The largest absolute Gasteiger partial charge is 0.737 e. The number of benzene rings is 6. The molecule has 1 aliphatic carbocycles. The van der Waals surface area contributed by atoms with Gasteiger partial charge in [0.15, 0.2) is 11.4 Å². The Kier molecular flexibility index (Phi) is 16.1. The lowest BCUT2D eigenvalue weighted by Gasteiger charge is -2.34. The van der Waals surface area contributed by atoms with E-state index in [0.29, 0.717) is 127 Å². The van der Waals surface area contributed by atoms with Crippen LogP contribution in [0.15, 0.2) is 190 Å². The Morgan fingerprint density at radius 1 is 0.569 bits per heavy atom. The van der Waals surface area contributed by atoms with Crippen molar-refractivity contribution in [1.82, 2.24) is 38.9 Å². The molecule has 102 heavy (non-hydrogen) atoms. The number of aryl methyl sites for hydroxylation is 6. The molecule has 0 bridgehead atoms. The Bertz CT molecular complexity index is 5460. The summed E-state index contributed by atoms with van der Waals surface area (Å²) in [6.07, 6.45) is 8.83. The van der Waals surface area contributed by atoms with Crippen LogP contribution in [0.4, 0.5) is 17.3 Å². The van der Waals surface area contributed by atoms with Crippen LogP contribution in [0.25, 0.3) is 33.1 Å². The minimum absolute atomic E-state index is 0.153. The number of allylic oxidation sites excluding steroid dienone is 5. The molecule has 9 heterocycles. The predicted octanol–water partition coefficient (Wildman–Crippen LogP) is 15.9. The number of fused-ring (bicyclic) bond motifs is 9.